The predicted octanol–water partition coefficient (Wildman–Crippen LogP) is 1.29. The van der Waals surface area contributed by atoms with Gasteiger partial charge in [0, 0.05) is 5.69 Å². The van der Waals surface area contributed by atoms with Crippen molar-refractivity contribution in [3.63, 3.8) is 0 Å². The SMILES string of the molecule is COC(=O)c1cccc(NC(=O)Cn2cnc3sc(C(N)=O)c(C)c3c2=O)c1. The number of primary amides is 1. The van der Waals surface area contributed by atoms with E-state index in [-0.39, 0.29) is 22.4 Å². The van der Waals surface area contributed by atoms with E-state index in [0.717, 1.165) is 15.9 Å². The third-order valence-electron chi connectivity index (χ3n) is 4.02. The van der Waals surface area contributed by atoms with E-state index in [1.165, 1.54) is 19.5 Å². The fraction of sp³-hybridized carbons (Fsp3) is 0.167. The summed E-state index contributed by atoms with van der Waals surface area (Å²) in [5.41, 5.74) is 6.00. The molecule has 0 fully saturated rings. The Labute approximate surface area is 162 Å². The van der Waals surface area contributed by atoms with E-state index >= 15 is 0 Å². The monoisotopic (exact) mass is 400 g/mol. The van der Waals surface area contributed by atoms with Gasteiger partial charge in [0.2, 0.25) is 5.91 Å². The number of nitrogens with zero attached hydrogens (tertiary/aromatic N) is 2. The largest absolute Gasteiger partial charge is 0.465 e. The number of anilines is 1. The maximum Gasteiger partial charge on any atom is 0.337 e. The molecule has 2 amide bonds. The van der Waals surface area contributed by atoms with Crippen molar-refractivity contribution in [1.29, 1.82) is 0 Å². The maximum atomic E-state index is 12.7. The Bertz CT molecular complexity index is 1160. The molecule has 0 radical (unpaired) electrons. The number of fused-ring (bicyclic) bond motifs is 1. The molecule has 3 rings (SSSR count). The number of methoxy groups -OCH3 is 1. The number of carbonyl (C=O) groups is 3. The summed E-state index contributed by atoms with van der Waals surface area (Å²) in [5, 5.41) is 2.88. The molecule has 2 aromatic heterocycles. The van der Waals surface area contributed by atoms with Crippen LogP contribution in [0.3, 0.4) is 0 Å². The highest BCUT2D eigenvalue weighted by Gasteiger charge is 2.18. The van der Waals surface area contributed by atoms with Gasteiger partial charge in [0.1, 0.15) is 11.4 Å². The van der Waals surface area contributed by atoms with Gasteiger partial charge in [-0.15, -0.1) is 11.3 Å². The predicted molar refractivity (Wildman–Crippen MR) is 104 cm³/mol. The van der Waals surface area contributed by atoms with Gasteiger partial charge in [0.05, 0.1) is 29.3 Å². The number of nitrogens with two attached hydrogens (primary N) is 1. The third kappa shape index (κ3) is 3.62. The molecular weight excluding hydrogens is 384 g/mol. The van der Waals surface area contributed by atoms with Crippen LogP contribution in [-0.4, -0.2) is 34.4 Å². The van der Waals surface area contributed by atoms with Gasteiger partial charge in [-0.1, -0.05) is 6.07 Å². The first-order chi connectivity index (χ1) is 13.3. The van der Waals surface area contributed by atoms with Crippen molar-refractivity contribution in [2.24, 2.45) is 5.73 Å². The number of benzene rings is 1. The Hall–Kier alpha value is -3.53. The minimum atomic E-state index is -0.630. The van der Waals surface area contributed by atoms with Crippen LogP contribution in [0.5, 0.6) is 0 Å². The first-order valence-electron chi connectivity index (χ1n) is 8.08. The van der Waals surface area contributed by atoms with Gasteiger partial charge in [-0.2, -0.15) is 0 Å². The third-order valence-corrected chi connectivity index (χ3v) is 5.24. The van der Waals surface area contributed by atoms with Crippen LogP contribution in [0.15, 0.2) is 35.4 Å². The van der Waals surface area contributed by atoms with Crippen molar-refractivity contribution >= 4 is 45.0 Å². The van der Waals surface area contributed by atoms with Gasteiger partial charge in [-0.05, 0) is 30.7 Å². The fourth-order valence-electron chi connectivity index (χ4n) is 2.70. The summed E-state index contributed by atoms with van der Waals surface area (Å²) in [6.45, 7) is 1.33. The van der Waals surface area contributed by atoms with Gasteiger partial charge < -0.3 is 15.8 Å². The normalized spacial score (nSPS) is 10.6. The quantitative estimate of drug-likeness (QED) is 0.620. The van der Waals surface area contributed by atoms with E-state index < -0.39 is 23.3 Å². The van der Waals surface area contributed by atoms with E-state index in [9.17, 15) is 19.2 Å². The minimum Gasteiger partial charge on any atom is -0.465 e. The van der Waals surface area contributed by atoms with E-state index in [4.69, 9.17) is 5.73 Å². The molecule has 0 aliphatic heterocycles. The molecule has 0 bridgehead atoms. The van der Waals surface area contributed by atoms with Crippen molar-refractivity contribution in [2.75, 3.05) is 12.4 Å². The summed E-state index contributed by atoms with van der Waals surface area (Å²) in [6, 6.07) is 6.23. The van der Waals surface area contributed by atoms with Crippen LogP contribution < -0.4 is 16.6 Å². The Balaban J connectivity index is 1.85. The molecule has 0 saturated carbocycles. The molecule has 3 N–H and O–H groups in total. The number of thiophene rings is 1. The average molecular weight is 400 g/mol. The summed E-state index contributed by atoms with van der Waals surface area (Å²) >= 11 is 1.04. The number of ether oxygens (including phenoxy) is 1. The Kier molecular flexibility index (Phi) is 5.23. The van der Waals surface area contributed by atoms with Gasteiger partial charge in [-0.3, -0.25) is 19.0 Å². The molecule has 0 unspecified atom stereocenters. The summed E-state index contributed by atoms with van der Waals surface area (Å²) in [7, 11) is 1.26. The van der Waals surface area contributed by atoms with Crippen molar-refractivity contribution in [3.8, 4) is 0 Å². The summed E-state index contributed by atoms with van der Waals surface area (Å²) in [5.74, 6) is -1.64. The highest BCUT2D eigenvalue weighted by molar-refractivity contribution is 7.20. The summed E-state index contributed by atoms with van der Waals surface area (Å²) in [4.78, 5) is 52.9. The number of aryl methyl sites for hydroxylation is 1. The van der Waals surface area contributed by atoms with Gasteiger partial charge in [0.15, 0.2) is 0 Å². The minimum absolute atomic E-state index is 0.265. The number of hydrogen-bond acceptors (Lipinski definition) is 7. The zero-order valence-corrected chi connectivity index (χ0v) is 15.8. The molecule has 0 aliphatic rings. The summed E-state index contributed by atoms with van der Waals surface area (Å²) in [6.07, 6.45) is 1.25. The highest BCUT2D eigenvalue weighted by Crippen LogP contribution is 2.26. The van der Waals surface area contributed by atoms with Crippen LogP contribution in [0.1, 0.15) is 25.6 Å². The molecule has 0 aliphatic carbocycles. The molecule has 2 heterocycles. The van der Waals surface area contributed by atoms with Gasteiger partial charge >= 0.3 is 5.97 Å². The Morgan fingerprint density at radius 3 is 2.75 bits per heavy atom. The molecule has 0 atom stereocenters. The maximum absolute atomic E-state index is 12.7. The van der Waals surface area contributed by atoms with Crippen LogP contribution in [0.25, 0.3) is 10.2 Å². The fourth-order valence-corrected chi connectivity index (χ4v) is 3.70. The van der Waals surface area contributed by atoms with Crippen LogP contribution in [0, 0.1) is 6.92 Å². The number of amides is 2. The van der Waals surface area contributed by atoms with Crippen molar-refractivity contribution in [3.05, 3.63) is 57.0 Å². The summed E-state index contributed by atoms with van der Waals surface area (Å²) < 4.78 is 5.79. The Morgan fingerprint density at radius 1 is 1.32 bits per heavy atom. The molecule has 1 aromatic carbocycles. The molecule has 0 spiro atoms. The van der Waals surface area contributed by atoms with Gasteiger partial charge in [-0.25, -0.2) is 9.78 Å². The van der Waals surface area contributed by atoms with E-state index in [2.05, 4.69) is 15.0 Å². The molecular formula is C18H16N4O5S. The van der Waals surface area contributed by atoms with Crippen molar-refractivity contribution in [1.82, 2.24) is 9.55 Å². The molecule has 9 nitrogen and oxygen atoms in total. The van der Waals surface area contributed by atoms with E-state index in [1.807, 2.05) is 0 Å². The second kappa shape index (κ2) is 7.61. The molecule has 144 valence electrons. The van der Waals surface area contributed by atoms with Crippen LogP contribution in [0.4, 0.5) is 5.69 Å². The number of aromatic nitrogens is 2. The van der Waals surface area contributed by atoms with Crippen molar-refractivity contribution < 1.29 is 19.1 Å². The molecule has 28 heavy (non-hydrogen) atoms. The van der Waals surface area contributed by atoms with E-state index in [0.29, 0.717) is 16.1 Å². The van der Waals surface area contributed by atoms with E-state index in [1.54, 1.807) is 25.1 Å². The topological polar surface area (TPSA) is 133 Å². The lowest BCUT2D eigenvalue weighted by Crippen LogP contribution is -2.28. The molecule has 10 heteroatoms. The average Bonchev–Trinajstić information content (AvgIpc) is 3.01. The highest BCUT2D eigenvalue weighted by atomic mass is 32.1. The van der Waals surface area contributed by atoms with Crippen molar-refractivity contribution in [2.45, 2.75) is 13.5 Å². The number of hydrogen-bond donors (Lipinski definition) is 2. The van der Waals surface area contributed by atoms with Gasteiger partial charge in [0.25, 0.3) is 11.5 Å². The lowest BCUT2D eigenvalue weighted by Gasteiger charge is -2.08. The first kappa shape index (κ1) is 19.2. The van der Waals surface area contributed by atoms with Crippen LogP contribution in [-0.2, 0) is 16.1 Å². The number of nitrogens with one attached hydrogen (secondary N) is 1. The number of rotatable bonds is 5. The molecule has 0 saturated heterocycles. The molecule has 3 aromatic rings. The van der Waals surface area contributed by atoms with Crippen LogP contribution >= 0.6 is 11.3 Å². The Morgan fingerprint density at radius 2 is 2.07 bits per heavy atom. The second-order valence-electron chi connectivity index (χ2n) is 5.90. The number of esters is 1. The second-order valence-corrected chi connectivity index (χ2v) is 6.90. The van der Waals surface area contributed by atoms with Crippen LogP contribution in [0.2, 0.25) is 0 Å². The lowest BCUT2D eigenvalue weighted by molar-refractivity contribution is -0.116. The zero-order valence-electron chi connectivity index (χ0n) is 15.0. The zero-order chi connectivity index (χ0) is 20.4. The standard InChI is InChI=1S/C18H16N4O5S/c1-9-13-16(28-14(9)15(19)24)20-8-22(17(13)25)7-12(23)21-11-5-3-4-10(6-11)18(26)27-2/h3-6,8H,7H2,1-2H3,(H2,19,24)(H,21,23). The smallest absolute Gasteiger partial charge is 0.337 e. The number of carbonyl (C=O) groups excluding carboxylic acids is 3. The lowest BCUT2D eigenvalue weighted by atomic mass is 10.2. The first-order valence-corrected chi connectivity index (χ1v) is 8.90.